The first-order chi connectivity index (χ1) is 11.0. The predicted molar refractivity (Wildman–Crippen MR) is 80.4 cm³/mol. The molecule has 0 radical (unpaired) electrons. The minimum absolute atomic E-state index is 0.00748. The van der Waals surface area contributed by atoms with E-state index in [1.807, 2.05) is 13.0 Å². The van der Waals surface area contributed by atoms with Gasteiger partial charge < -0.3 is 4.74 Å². The van der Waals surface area contributed by atoms with Crippen LogP contribution < -0.4 is 0 Å². The first-order valence-corrected chi connectivity index (χ1v) is 6.74. The molecule has 2 heterocycles. The first-order valence-electron chi connectivity index (χ1n) is 6.74. The summed E-state index contributed by atoms with van der Waals surface area (Å²) in [7, 11) is 0. The molecule has 0 saturated heterocycles. The van der Waals surface area contributed by atoms with Gasteiger partial charge in [0.2, 0.25) is 0 Å². The van der Waals surface area contributed by atoms with E-state index in [2.05, 4.69) is 4.98 Å². The second kappa shape index (κ2) is 4.33. The summed E-state index contributed by atoms with van der Waals surface area (Å²) in [5.41, 5.74) is 1.36. The summed E-state index contributed by atoms with van der Waals surface area (Å²) in [6.07, 6.45) is 1.63. The Hall–Kier alpha value is -3.35. The minimum Gasteiger partial charge on any atom is -0.386 e. The Morgan fingerprint density at radius 2 is 1.78 bits per heavy atom. The van der Waals surface area contributed by atoms with E-state index in [-0.39, 0.29) is 16.8 Å². The van der Waals surface area contributed by atoms with E-state index in [1.54, 1.807) is 12.3 Å². The zero-order valence-electron chi connectivity index (χ0n) is 11.8. The molecule has 1 aliphatic rings. The number of benzene rings is 2. The van der Waals surface area contributed by atoms with Crippen molar-refractivity contribution >= 4 is 39.3 Å². The van der Waals surface area contributed by atoms with Gasteiger partial charge >= 0.3 is 11.9 Å². The van der Waals surface area contributed by atoms with Gasteiger partial charge in [0.25, 0.3) is 5.69 Å². The molecule has 3 aromatic rings. The lowest BCUT2D eigenvalue weighted by atomic mass is 9.93. The van der Waals surface area contributed by atoms with Crippen molar-refractivity contribution in [3.63, 3.8) is 0 Å². The molecule has 0 saturated carbocycles. The van der Waals surface area contributed by atoms with Gasteiger partial charge in [0, 0.05) is 34.5 Å². The number of carbonyl (C=O) groups is 2. The third-order valence-electron chi connectivity index (χ3n) is 3.84. The highest BCUT2D eigenvalue weighted by Crippen LogP contribution is 2.36. The molecule has 112 valence electrons. The molecule has 0 fully saturated rings. The number of pyridine rings is 1. The molecule has 23 heavy (non-hydrogen) atoms. The quantitative estimate of drug-likeness (QED) is 0.225. The Morgan fingerprint density at radius 1 is 1.09 bits per heavy atom. The number of nitro benzene ring substituents is 1. The third-order valence-corrected chi connectivity index (χ3v) is 3.84. The number of ether oxygens (including phenoxy) is 1. The minimum atomic E-state index is -0.886. The summed E-state index contributed by atoms with van der Waals surface area (Å²) in [5.74, 6) is -1.65. The van der Waals surface area contributed by atoms with Crippen LogP contribution in [0.1, 0.15) is 26.3 Å². The molecule has 4 rings (SSSR count). The normalized spacial score (nSPS) is 13.4. The highest BCUT2D eigenvalue weighted by molar-refractivity contribution is 6.25. The Morgan fingerprint density at radius 3 is 2.48 bits per heavy atom. The fourth-order valence-corrected chi connectivity index (χ4v) is 2.88. The van der Waals surface area contributed by atoms with Crippen molar-refractivity contribution < 1.29 is 19.2 Å². The highest BCUT2D eigenvalue weighted by Gasteiger charge is 2.31. The van der Waals surface area contributed by atoms with Crippen LogP contribution >= 0.6 is 0 Å². The number of esters is 2. The number of fused-ring (bicyclic) bond motifs is 2. The van der Waals surface area contributed by atoms with Crippen molar-refractivity contribution in [2.75, 3.05) is 0 Å². The third kappa shape index (κ3) is 1.80. The van der Waals surface area contributed by atoms with Crippen molar-refractivity contribution in [1.82, 2.24) is 4.98 Å². The molecule has 7 heteroatoms. The number of non-ortho nitro benzene ring substituents is 1. The van der Waals surface area contributed by atoms with Crippen LogP contribution in [-0.4, -0.2) is 21.8 Å². The molecule has 1 aromatic heterocycles. The van der Waals surface area contributed by atoms with E-state index in [9.17, 15) is 19.7 Å². The van der Waals surface area contributed by atoms with Crippen molar-refractivity contribution in [1.29, 1.82) is 0 Å². The van der Waals surface area contributed by atoms with Gasteiger partial charge in [-0.1, -0.05) is 0 Å². The second-order valence-corrected chi connectivity index (χ2v) is 5.36. The molecule has 0 bridgehead atoms. The van der Waals surface area contributed by atoms with Gasteiger partial charge in [0.15, 0.2) is 0 Å². The molecule has 2 aromatic carbocycles. The van der Waals surface area contributed by atoms with Crippen LogP contribution in [0.5, 0.6) is 0 Å². The second-order valence-electron chi connectivity index (χ2n) is 5.36. The highest BCUT2D eigenvalue weighted by atomic mass is 16.6. The molecule has 0 aliphatic carbocycles. The van der Waals surface area contributed by atoms with Gasteiger partial charge in [-0.25, -0.2) is 9.59 Å². The van der Waals surface area contributed by atoms with Gasteiger partial charge in [-0.3, -0.25) is 15.1 Å². The summed E-state index contributed by atoms with van der Waals surface area (Å²) in [6, 6.07) is 5.88. The number of hydrogen-bond donors (Lipinski definition) is 0. The maximum atomic E-state index is 12.0. The fraction of sp³-hybridized carbons (Fsp3) is 0.0625. The maximum Gasteiger partial charge on any atom is 0.346 e. The number of aromatic nitrogens is 1. The van der Waals surface area contributed by atoms with Gasteiger partial charge in [-0.2, -0.15) is 0 Å². The lowest BCUT2D eigenvalue weighted by molar-refractivity contribution is -0.384. The van der Waals surface area contributed by atoms with Crippen LogP contribution in [0, 0.1) is 17.0 Å². The molecule has 0 spiro atoms. The summed E-state index contributed by atoms with van der Waals surface area (Å²) in [5, 5.41) is 12.5. The van der Waals surface area contributed by atoms with E-state index in [0.29, 0.717) is 21.7 Å². The smallest absolute Gasteiger partial charge is 0.346 e. The van der Waals surface area contributed by atoms with E-state index >= 15 is 0 Å². The van der Waals surface area contributed by atoms with Gasteiger partial charge in [-0.15, -0.1) is 0 Å². The monoisotopic (exact) mass is 308 g/mol. The lowest BCUT2D eigenvalue weighted by Crippen LogP contribution is -2.20. The zero-order chi connectivity index (χ0) is 16.3. The molecule has 0 N–H and O–H groups in total. The van der Waals surface area contributed by atoms with Gasteiger partial charge in [-0.05, 0) is 24.6 Å². The van der Waals surface area contributed by atoms with E-state index in [4.69, 9.17) is 4.74 Å². The lowest BCUT2D eigenvalue weighted by Gasteiger charge is -2.16. The van der Waals surface area contributed by atoms with Crippen LogP contribution in [0.15, 0.2) is 30.5 Å². The van der Waals surface area contributed by atoms with E-state index in [0.717, 1.165) is 11.6 Å². The summed E-state index contributed by atoms with van der Waals surface area (Å²) in [4.78, 5) is 38.9. The number of nitro groups is 1. The van der Waals surface area contributed by atoms with Crippen molar-refractivity contribution in [3.05, 3.63) is 57.3 Å². The van der Waals surface area contributed by atoms with Crippen molar-refractivity contribution in [3.8, 4) is 0 Å². The van der Waals surface area contributed by atoms with Gasteiger partial charge in [0.05, 0.1) is 21.6 Å². The SMILES string of the molecule is Cc1cnc2c(c1)cc1c3c(cc([N+](=O)[O-])cc32)C(=O)OC1=O. The fourth-order valence-electron chi connectivity index (χ4n) is 2.88. The Bertz CT molecular complexity index is 1070. The Balaban J connectivity index is 2.29. The predicted octanol–water partition coefficient (Wildman–Crippen LogP) is 2.92. The zero-order valence-corrected chi connectivity index (χ0v) is 11.8. The van der Waals surface area contributed by atoms with Gasteiger partial charge in [0.1, 0.15) is 0 Å². The molecular formula is C16H8N2O5. The summed E-state index contributed by atoms with van der Waals surface area (Å²) >= 11 is 0. The van der Waals surface area contributed by atoms with Crippen molar-refractivity contribution in [2.24, 2.45) is 0 Å². The summed E-state index contributed by atoms with van der Waals surface area (Å²) < 4.78 is 4.70. The number of nitrogens with zero attached hydrogens (tertiary/aromatic N) is 2. The van der Waals surface area contributed by atoms with Crippen molar-refractivity contribution in [2.45, 2.75) is 6.92 Å². The van der Waals surface area contributed by atoms with E-state index in [1.165, 1.54) is 6.07 Å². The van der Waals surface area contributed by atoms with Crippen LogP contribution in [0.3, 0.4) is 0 Å². The molecular weight excluding hydrogens is 300 g/mol. The number of rotatable bonds is 1. The molecule has 7 nitrogen and oxygen atoms in total. The molecule has 0 amide bonds. The van der Waals surface area contributed by atoms with Crippen LogP contribution in [0.25, 0.3) is 21.7 Å². The maximum absolute atomic E-state index is 12.0. The largest absolute Gasteiger partial charge is 0.386 e. The number of carbonyl (C=O) groups excluding carboxylic acids is 2. The standard InChI is InChI=1S/C16H8N2O5/c1-7-2-8-3-11-13-10(14(8)17-6-7)4-9(18(21)22)5-12(13)16(20)23-15(11)19/h2-6H,1H3. The van der Waals surface area contributed by atoms with E-state index < -0.39 is 16.9 Å². The molecule has 0 unspecified atom stereocenters. The van der Waals surface area contributed by atoms with Crippen LogP contribution in [0.2, 0.25) is 0 Å². The summed E-state index contributed by atoms with van der Waals surface area (Å²) in [6.45, 7) is 1.85. The topological polar surface area (TPSA) is 99.4 Å². The molecule has 1 aliphatic heterocycles. The Kier molecular flexibility index (Phi) is 2.51. The number of hydrogen-bond acceptors (Lipinski definition) is 6. The number of aryl methyl sites for hydroxylation is 1. The number of cyclic esters (lactones) is 2. The first kappa shape index (κ1) is 13.3. The molecule has 0 atom stereocenters. The van der Waals surface area contributed by atoms with Crippen LogP contribution in [0.4, 0.5) is 5.69 Å². The average molecular weight is 308 g/mol. The average Bonchev–Trinajstić information content (AvgIpc) is 2.51. The Labute approximate surface area is 128 Å². The van der Waals surface area contributed by atoms with Crippen LogP contribution in [-0.2, 0) is 4.74 Å².